The lowest BCUT2D eigenvalue weighted by Gasteiger charge is -2.18. The molecule has 0 bridgehead atoms. The Hall–Kier alpha value is -0.500. The molecule has 0 aliphatic heterocycles. The van der Waals surface area contributed by atoms with E-state index in [0.29, 0.717) is 6.42 Å². The predicted molar refractivity (Wildman–Crippen MR) is 65.5 cm³/mol. The maximum atomic E-state index is 12.5. The summed E-state index contributed by atoms with van der Waals surface area (Å²) in [5, 5.41) is 4.27. The number of alkyl halides is 5. The van der Waals surface area contributed by atoms with E-state index in [2.05, 4.69) is 5.32 Å². The zero-order valence-electron chi connectivity index (χ0n) is 10.6. The summed E-state index contributed by atoms with van der Waals surface area (Å²) in [6.45, 7) is 0.800. The second kappa shape index (κ2) is 8.63. The normalized spacial score (nSPS) is 15.1. The van der Waals surface area contributed by atoms with E-state index in [9.17, 15) is 26.2 Å². The summed E-state index contributed by atoms with van der Waals surface area (Å²) >= 11 is 0. The topological polar surface area (TPSA) is 29.1 Å². The average molecular weight is 307 g/mol. The molecule has 0 aromatic heterocycles. The molecular weight excluding hydrogens is 289 g/mol. The van der Waals surface area contributed by atoms with Gasteiger partial charge in [-0.3, -0.25) is 4.21 Å². The van der Waals surface area contributed by atoms with Crippen molar-refractivity contribution in [3.8, 4) is 0 Å². The SMILES string of the molecule is CNCCC/C=C/S(=O)CCCC(F)(F)C(F)(F)F. The van der Waals surface area contributed by atoms with E-state index in [4.69, 9.17) is 0 Å². The van der Waals surface area contributed by atoms with E-state index in [-0.39, 0.29) is 5.75 Å². The molecule has 0 saturated heterocycles. The van der Waals surface area contributed by atoms with Gasteiger partial charge in [-0.2, -0.15) is 22.0 Å². The zero-order chi connectivity index (χ0) is 14.9. The lowest BCUT2D eigenvalue weighted by Crippen LogP contribution is -2.36. The number of hydrogen-bond acceptors (Lipinski definition) is 2. The Kier molecular flexibility index (Phi) is 8.40. The zero-order valence-corrected chi connectivity index (χ0v) is 11.4. The molecule has 0 radical (unpaired) electrons. The Labute approximate surface area is 111 Å². The summed E-state index contributed by atoms with van der Waals surface area (Å²) < 4.78 is 71.8. The Balaban J connectivity index is 3.86. The van der Waals surface area contributed by atoms with Crippen molar-refractivity contribution in [2.45, 2.75) is 37.8 Å². The number of nitrogens with one attached hydrogen (secondary N) is 1. The Morgan fingerprint density at radius 2 is 1.79 bits per heavy atom. The van der Waals surface area contributed by atoms with Gasteiger partial charge in [-0.15, -0.1) is 0 Å². The van der Waals surface area contributed by atoms with E-state index in [1.54, 1.807) is 13.1 Å². The second-order valence-electron chi connectivity index (χ2n) is 4.01. The minimum atomic E-state index is -5.53. The third-order valence-electron chi connectivity index (χ3n) is 2.30. The van der Waals surface area contributed by atoms with Crippen LogP contribution in [0.1, 0.15) is 25.7 Å². The molecule has 0 aliphatic carbocycles. The predicted octanol–water partition coefficient (Wildman–Crippen LogP) is 3.23. The van der Waals surface area contributed by atoms with Crippen LogP contribution in [0.2, 0.25) is 0 Å². The van der Waals surface area contributed by atoms with Crippen molar-refractivity contribution in [1.29, 1.82) is 0 Å². The fourth-order valence-electron chi connectivity index (χ4n) is 1.22. The summed E-state index contributed by atoms with van der Waals surface area (Å²) in [6, 6.07) is 0. The molecule has 19 heavy (non-hydrogen) atoms. The number of rotatable bonds is 9. The van der Waals surface area contributed by atoms with Crippen LogP contribution in [0.5, 0.6) is 0 Å². The van der Waals surface area contributed by atoms with Gasteiger partial charge < -0.3 is 5.32 Å². The van der Waals surface area contributed by atoms with Gasteiger partial charge in [-0.25, -0.2) is 0 Å². The highest BCUT2D eigenvalue weighted by Gasteiger charge is 2.56. The minimum Gasteiger partial charge on any atom is -0.320 e. The van der Waals surface area contributed by atoms with Gasteiger partial charge in [0.1, 0.15) is 0 Å². The number of allylic oxidation sites excluding steroid dienone is 1. The Morgan fingerprint density at radius 3 is 2.32 bits per heavy atom. The Bertz CT molecular complexity index is 304. The summed E-state index contributed by atoms with van der Waals surface area (Å²) in [5.74, 6) is -4.89. The van der Waals surface area contributed by atoms with Crippen LogP contribution < -0.4 is 5.32 Å². The highest BCUT2D eigenvalue weighted by molar-refractivity contribution is 7.87. The first kappa shape index (κ1) is 18.5. The minimum absolute atomic E-state index is 0.186. The molecule has 0 spiro atoms. The van der Waals surface area contributed by atoms with E-state index < -0.39 is 35.7 Å². The van der Waals surface area contributed by atoms with Crippen LogP contribution in [-0.4, -0.2) is 35.7 Å². The fourth-order valence-corrected chi connectivity index (χ4v) is 2.13. The van der Waals surface area contributed by atoms with Crippen molar-refractivity contribution in [3.05, 3.63) is 11.5 Å². The van der Waals surface area contributed by atoms with Crippen molar-refractivity contribution < 1.29 is 26.2 Å². The molecular formula is C11H18F5NOS. The van der Waals surface area contributed by atoms with Crippen molar-refractivity contribution in [2.24, 2.45) is 0 Å². The summed E-state index contributed by atoms with van der Waals surface area (Å²) in [6.07, 6.45) is -4.11. The molecule has 8 heteroatoms. The number of hydrogen-bond donors (Lipinski definition) is 1. The van der Waals surface area contributed by atoms with Crippen molar-refractivity contribution in [3.63, 3.8) is 0 Å². The smallest absolute Gasteiger partial charge is 0.320 e. The van der Waals surface area contributed by atoms with E-state index in [0.717, 1.165) is 13.0 Å². The van der Waals surface area contributed by atoms with Gasteiger partial charge in [0.25, 0.3) is 0 Å². The van der Waals surface area contributed by atoms with Crippen molar-refractivity contribution in [2.75, 3.05) is 19.3 Å². The summed E-state index contributed by atoms with van der Waals surface area (Å²) in [7, 11) is 0.306. The molecule has 0 heterocycles. The van der Waals surface area contributed by atoms with Gasteiger partial charge in [0.05, 0.1) is 0 Å². The third kappa shape index (κ3) is 8.30. The van der Waals surface area contributed by atoms with Gasteiger partial charge in [-0.05, 0) is 38.3 Å². The molecule has 0 amide bonds. The molecule has 1 N–H and O–H groups in total. The van der Waals surface area contributed by atoms with Crippen LogP contribution in [0.15, 0.2) is 11.5 Å². The van der Waals surface area contributed by atoms with Crippen molar-refractivity contribution >= 4 is 10.8 Å². The summed E-state index contributed by atoms with van der Waals surface area (Å²) in [4.78, 5) is 0. The van der Waals surface area contributed by atoms with E-state index in [1.807, 2.05) is 0 Å². The second-order valence-corrected chi connectivity index (χ2v) is 5.45. The van der Waals surface area contributed by atoms with E-state index >= 15 is 0 Å². The maximum absolute atomic E-state index is 12.5. The fraction of sp³-hybridized carbons (Fsp3) is 0.818. The highest BCUT2D eigenvalue weighted by atomic mass is 32.2. The van der Waals surface area contributed by atoms with Crippen molar-refractivity contribution in [1.82, 2.24) is 5.32 Å². The molecule has 114 valence electrons. The third-order valence-corrected chi connectivity index (χ3v) is 3.48. The van der Waals surface area contributed by atoms with Gasteiger partial charge in [0.2, 0.25) is 0 Å². The van der Waals surface area contributed by atoms with Crippen LogP contribution in [0, 0.1) is 0 Å². The van der Waals surface area contributed by atoms with Gasteiger partial charge in [0, 0.05) is 23.0 Å². The first-order valence-corrected chi connectivity index (χ1v) is 7.22. The molecule has 1 atom stereocenters. The monoisotopic (exact) mass is 307 g/mol. The molecule has 0 aromatic carbocycles. The summed E-state index contributed by atoms with van der Waals surface area (Å²) in [5.41, 5.74) is 0. The maximum Gasteiger partial charge on any atom is 0.453 e. The lowest BCUT2D eigenvalue weighted by atomic mass is 10.2. The number of unbranched alkanes of at least 4 members (excludes halogenated alkanes) is 1. The molecule has 1 unspecified atom stereocenters. The van der Waals surface area contributed by atoms with Crippen LogP contribution >= 0.6 is 0 Å². The first-order chi connectivity index (χ1) is 8.70. The van der Waals surface area contributed by atoms with E-state index in [1.165, 1.54) is 5.41 Å². The van der Waals surface area contributed by atoms with Gasteiger partial charge >= 0.3 is 12.1 Å². The highest BCUT2D eigenvalue weighted by Crippen LogP contribution is 2.38. The van der Waals surface area contributed by atoms with Gasteiger partial charge in [-0.1, -0.05) is 6.08 Å². The molecule has 0 saturated carbocycles. The molecule has 0 fully saturated rings. The van der Waals surface area contributed by atoms with Crippen LogP contribution in [0.3, 0.4) is 0 Å². The van der Waals surface area contributed by atoms with Crippen LogP contribution in [0.25, 0.3) is 0 Å². The largest absolute Gasteiger partial charge is 0.453 e. The quantitative estimate of drug-likeness (QED) is 0.523. The molecule has 0 aliphatic rings. The Morgan fingerprint density at radius 1 is 1.16 bits per heavy atom. The molecule has 0 rings (SSSR count). The molecule has 0 aromatic rings. The number of halogens is 5. The van der Waals surface area contributed by atoms with Gasteiger partial charge in [0.15, 0.2) is 0 Å². The first-order valence-electron chi connectivity index (χ1n) is 5.83. The van der Waals surface area contributed by atoms with Crippen LogP contribution in [-0.2, 0) is 10.8 Å². The standard InChI is InChI=1S/C11H18F5NOS/c1-17-7-3-2-4-8-19(18)9-5-6-10(12,13)11(14,15)16/h4,8,17H,2-3,5-7,9H2,1H3/b8-4+. The molecule has 2 nitrogen and oxygen atoms in total. The lowest BCUT2D eigenvalue weighted by molar-refractivity contribution is -0.284. The van der Waals surface area contributed by atoms with Crippen LogP contribution in [0.4, 0.5) is 22.0 Å². The average Bonchev–Trinajstić information content (AvgIpc) is 2.27.